The zero-order valence-electron chi connectivity index (χ0n) is 14.6. The number of carbonyl (C=O) groups is 1. The zero-order chi connectivity index (χ0) is 18.2. The van der Waals surface area contributed by atoms with E-state index in [0.29, 0.717) is 12.2 Å². The first-order valence-electron chi connectivity index (χ1n) is 8.40. The Bertz CT molecular complexity index is 888. The van der Waals surface area contributed by atoms with Crippen LogP contribution in [0, 0.1) is 6.92 Å². The van der Waals surface area contributed by atoms with Crippen LogP contribution in [0.2, 0.25) is 0 Å². The Hall–Kier alpha value is -3.40. The van der Waals surface area contributed by atoms with E-state index in [0.717, 1.165) is 16.9 Å². The summed E-state index contributed by atoms with van der Waals surface area (Å²) in [6.07, 6.45) is 1.88. The lowest BCUT2D eigenvalue weighted by molar-refractivity contribution is -0.120. The van der Waals surface area contributed by atoms with E-state index in [-0.39, 0.29) is 5.91 Å². The molecule has 0 saturated carbocycles. The minimum Gasteiger partial charge on any atom is -0.457 e. The monoisotopic (exact) mass is 344 g/mol. The van der Waals surface area contributed by atoms with Crippen molar-refractivity contribution in [2.45, 2.75) is 13.3 Å². The fraction of sp³-hybridized carbons (Fsp3) is 0.0909. The van der Waals surface area contributed by atoms with Crippen molar-refractivity contribution in [1.82, 2.24) is 5.43 Å². The fourth-order valence-corrected chi connectivity index (χ4v) is 2.41. The molecule has 1 N–H and O–H groups in total. The number of nitrogens with one attached hydrogen (secondary N) is 1. The van der Waals surface area contributed by atoms with Crippen LogP contribution in [0.3, 0.4) is 0 Å². The molecule has 0 fully saturated rings. The average Bonchev–Trinajstić information content (AvgIpc) is 2.66. The summed E-state index contributed by atoms with van der Waals surface area (Å²) in [4.78, 5) is 12.0. The molecule has 0 aliphatic rings. The number of carbonyl (C=O) groups excluding carboxylic acids is 1. The third-order valence-electron chi connectivity index (χ3n) is 3.77. The molecule has 0 bridgehead atoms. The van der Waals surface area contributed by atoms with Crippen LogP contribution in [-0.2, 0) is 11.2 Å². The maximum atomic E-state index is 12.0. The molecule has 3 rings (SSSR count). The third kappa shape index (κ3) is 5.05. The Morgan fingerprint density at radius 3 is 2.42 bits per heavy atom. The standard InChI is InChI=1S/C22H20N2O2/c1-17-11-13-20(14-12-17)26-21-10-6-5-9-19(21)16-23-24-22(25)15-18-7-3-2-4-8-18/h2-14,16H,15H2,1H3,(H,24,25). The van der Waals surface area contributed by atoms with Crippen LogP contribution in [0.4, 0.5) is 0 Å². The van der Waals surface area contributed by atoms with Gasteiger partial charge in [0, 0.05) is 5.56 Å². The van der Waals surface area contributed by atoms with Gasteiger partial charge in [0.1, 0.15) is 11.5 Å². The molecule has 0 saturated heterocycles. The number of benzene rings is 3. The van der Waals surface area contributed by atoms with E-state index < -0.39 is 0 Å². The summed E-state index contributed by atoms with van der Waals surface area (Å²) in [5.41, 5.74) is 5.46. The van der Waals surface area contributed by atoms with E-state index in [1.807, 2.05) is 85.8 Å². The van der Waals surface area contributed by atoms with Crippen LogP contribution in [0.5, 0.6) is 11.5 Å². The summed E-state index contributed by atoms with van der Waals surface area (Å²) < 4.78 is 5.91. The number of para-hydroxylation sites is 1. The molecule has 4 heteroatoms. The molecule has 3 aromatic rings. The van der Waals surface area contributed by atoms with Gasteiger partial charge in [-0.25, -0.2) is 5.43 Å². The second-order valence-electron chi connectivity index (χ2n) is 5.91. The summed E-state index contributed by atoms with van der Waals surface area (Å²) in [7, 11) is 0. The summed E-state index contributed by atoms with van der Waals surface area (Å²) in [6.45, 7) is 2.03. The van der Waals surface area contributed by atoms with Crippen LogP contribution < -0.4 is 10.2 Å². The lowest BCUT2D eigenvalue weighted by atomic mass is 10.1. The van der Waals surface area contributed by atoms with Gasteiger partial charge in [-0.2, -0.15) is 5.10 Å². The largest absolute Gasteiger partial charge is 0.457 e. The van der Waals surface area contributed by atoms with E-state index in [4.69, 9.17) is 4.74 Å². The highest BCUT2D eigenvalue weighted by Crippen LogP contribution is 2.24. The molecule has 0 aliphatic carbocycles. The molecule has 0 aliphatic heterocycles. The predicted octanol–water partition coefficient (Wildman–Crippen LogP) is 4.48. The molecule has 130 valence electrons. The number of hydrogen-bond donors (Lipinski definition) is 1. The number of amides is 1. The molecule has 4 nitrogen and oxygen atoms in total. The maximum Gasteiger partial charge on any atom is 0.244 e. The van der Waals surface area contributed by atoms with Gasteiger partial charge in [0.15, 0.2) is 0 Å². The molecule has 0 aromatic heterocycles. The summed E-state index contributed by atoms with van der Waals surface area (Å²) >= 11 is 0. The first kappa shape index (κ1) is 17.4. The van der Waals surface area contributed by atoms with Crippen LogP contribution in [0.25, 0.3) is 0 Å². The van der Waals surface area contributed by atoms with Crippen molar-refractivity contribution in [2.75, 3.05) is 0 Å². The number of hydrogen-bond acceptors (Lipinski definition) is 3. The Labute approximate surface area is 153 Å². The van der Waals surface area contributed by atoms with Gasteiger partial charge in [-0.05, 0) is 36.8 Å². The van der Waals surface area contributed by atoms with Gasteiger partial charge in [-0.3, -0.25) is 4.79 Å². The number of hydrazone groups is 1. The van der Waals surface area contributed by atoms with Gasteiger partial charge in [-0.15, -0.1) is 0 Å². The van der Waals surface area contributed by atoms with Crippen LogP contribution in [-0.4, -0.2) is 12.1 Å². The lowest BCUT2D eigenvalue weighted by Crippen LogP contribution is -2.19. The molecule has 3 aromatic carbocycles. The van der Waals surface area contributed by atoms with Gasteiger partial charge in [0.25, 0.3) is 0 Å². The van der Waals surface area contributed by atoms with Crippen molar-refractivity contribution in [3.63, 3.8) is 0 Å². The molecular formula is C22H20N2O2. The minimum absolute atomic E-state index is 0.163. The van der Waals surface area contributed by atoms with Gasteiger partial charge in [0.2, 0.25) is 5.91 Å². The Morgan fingerprint density at radius 1 is 0.962 bits per heavy atom. The van der Waals surface area contributed by atoms with Crippen molar-refractivity contribution in [3.05, 3.63) is 95.6 Å². The summed E-state index contributed by atoms with van der Waals surface area (Å²) in [5, 5.41) is 4.05. The van der Waals surface area contributed by atoms with Crippen molar-refractivity contribution in [1.29, 1.82) is 0 Å². The Morgan fingerprint density at radius 2 is 1.65 bits per heavy atom. The maximum absolute atomic E-state index is 12.0. The van der Waals surface area contributed by atoms with Gasteiger partial charge in [-0.1, -0.05) is 60.2 Å². The topological polar surface area (TPSA) is 50.7 Å². The first-order chi connectivity index (χ1) is 12.7. The number of nitrogens with zero attached hydrogens (tertiary/aromatic N) is 1. The smallest absolute Gasteiger partial charge is 0.244 e. The number of aryl methyl sites for hydroxylation is 1. The van der Waals surface area contributed by atoms with Crippen LogP contribution in [0.1, 0.15) is 16.7 Å². The molecule has 0 spiro atoms. The van der Waals surface area contributed by atoms with E-state index in [1.165, 1.54) is 5.56 Å². The normalized spacial score (nSPS) is 10.7. The quantitative estimate of drug-likeness (QED) is 0.529. The van der Waals surface area contributed by atoms with E-state index >= 15 is 0 Å². The second-order valence-corrected chi connectivity index (χ2v) is 5.91. The first-order valence-corrected chi connectivity index (χ1v) is 8.40. The SMILES string of the molecule is Cc1ccc(Oc2ccccc2C=NNC(=O)Cc2ccccc2)cc1. The predicted molar refractivity (Wildman–Crippen MR) is 104 cm³/mol. The van der Waals surface area contributed by atoms with Gasteiger partial charge >= 0.3 is 0 Å². The minimum atomic E-state index is -0.163. The molecule has 0 heterocycles. The van der Waals surface area contributed by atoms with Gasteiger partial charge in [0.05, 0.1) is 12.6 Å². The lowest BCUT2D eigenvalue weighted by Gasteiger charge is -2.08. The second kappa shape index (κ2) is 8.62. The van der Waals surface area contributed by atoms with E-state index in [1.54, 1.807) is 6.21 Å². The average molecular weight is 344 g/mol. The van der Waals surface area contributed by atoms with Crippen molar-refractivity contribution < 1.29 is 9.53 Å². The number of ether oxygens (including phenoxy) is 1. The molecule has 0 unspecified atom stereocenters. The Balaban J connectivity index is 1.63. The highest BCUT2D eigenvalue weighted by atomic mass is 16.5. The molecule has 1 amide bonds. The van der Waals surface area contributed by atoms with Crippen LogP contribution >= 0.6 is 0 Å². The zero-order valence-corrected chi connectivity index (χ0v) is 14.6. The highest BCUT2D eigenvalue weighted by molar-refractivity contribution is 5.85. The highest BCUT2D eigenvalue weighted by Gasteiger charge is 2.04. The fourth-order valence-electron chi connectivity index (χ4n) is 2.41. The van der Waals surface area contributed by atoms with E-state index in [9.17, 15) is 4.79 Å². The van der Waals surface area contributed by atoms with Crippen molar-refractivity contribution >= 4 is 12.1 Å². The van der Waals surface area contributed by atoms with Crippen LogP contribution in [0.15, 0.2) is 84.0 Å². The van der Waals surface area contributed by atoms with Crippen molar-refractivity contribution in [2.24, 2.45) is 5.10 Å². The summed E-state index contributed by atoms with van der Waals surface area (Å²) in [6, 6.07) is 24.9. The molecule has 0 atom stereocenters. The van der Waals surface area contributed by atoms with Crippen molar-refractivity contribution in [3.8, 4) is 11.5 Å². The molecule has 26 heavy (non-hydrogen) atoms. The van der Waals surface area contributed by atoms with Gasteiger partial charge < -0.3 is 4.74 Å². The number of rotatable bonds is 6. The molecular weight excluding hydrogens is 324 g/mol. The molecule has 0 radical (unpaired) electrons. The Kier molecular flexibility index (Phi) is 5.78. The third-order valence-corrected chi connectivity index (χ3v) is 3.77. The van der Waals surface area contributed by atoms with E-state index in [2.05, 4.69) is 10.5 Å². The summed E-state index contributed by atoms with van der Waals surface area (Å²) in [5.74, 6) is 1.27.